The van der Waals surface area contributed by atoms with E-state index >= 15 is 0 Å². The third-order valence-corrected chi connectivity index (χ3v) is 7.24. The van der Waals surface area contributed by atoms with Crippen molar-refractivity contribution in [1.29, 1.82) is 0 Å². The van der Waals surface area contributed by atoms with E-state index in [0.29, 0.717) is 24.6 Å². The van der Waals surface area contributed by atoms with Gasteiger partial charge in [-0.2, -0.15) is 5.10 Å². The van der Waals surface area contributed by atoms with Gasteiger partial charge >= 0.3 is 0 Å². The number of nitrogens with zero attached hydrogens (tertiary/aromatic N) is 3. The van der Waals surface area contributed by atoms with Gasteiger partial charge in [0.25, 0.3) is 5.91 Å². The van der Waals surface area contributed by atoms with E-state index in [0.717, 1.165) is 68.6 Å². The molecule has 2 aliphatic heterocycles. The largest absolute Gasteiger partial charge is 0.497 e. The lowest BCUT2D eigenvalue weighted by atomic mass is 9.83. The molecule has 31 heavy (non-hydrogen) atoms. The summed E-state index contributed by atoms with van der Waals surface area (Å²) in [6.07, 6.45) is 6.15. The summed E-state index contributed by atoms with van der Waals surface area (Å²) in [7, 11) is 1.66. The number of hydrogen-bond acceptors (Lipinski definition) is 4. The van der Waals surface area contributed by atoms with Crippen molar-refractivity contribution in [1.82, 2.24) is 20.0 Å². The molecule has 7 nitrogen and oxygen atoms in total. The lowest BCUT2D eigenvalue weighted by Gasteiger charge is -2.47. The van der Waals surface area contributed by atoms with Crippen LogP contribution in [-0.2, 0) is 24.1 Å². The molecule has 3 heterocycles. The fourth-order valence-electron chi connectivity index (χ4n) is 5.51. The molecule has 0 bridgehead atoms. The Labute approximate surface area is 182 Å². The van der Waals surface area contributed by atoms with Gasteiger partial charge in [0, 0.05) is 43.4 Å². The minimum absolute atomic E-state index is 0.0551. The summed E-state index contributed by atoms with van der Waals surface area (Å²) in [5.74, 6) is 1.50. The van der Waals surface area contributed by atoms with E-state index in [2.05, 4.69) is 27.2 Å². The van der Waals surface area contributed by atoms with Gasteiger partial charge < -0.3 is 14.5 Å². The highest BCUT2D eigenvalue weighted by Crippen LogP contribution is 2.33. The molecule has 2 amide bonds. The first-order valence-corrected chi connectivity index (χ1v) is 11.4. The Morgan fingerprint density at radius 3 is 2.84 bits per heavy atom. The minimum atomic E-state index is 0.0551. The Morgan fingerprint density at radius 1 is 1.19 bits per heavy atom. The highest BCUT2D eigenvalue weighted by Gasteiger charge is 2.41. The highest BCUT2D eigenvalue weighted by atomic mass is 16.5. The molecule has 5 rings (SSSR count). The van der Waals surface area contributed by atoms with Crippen LogP contribution in [0.25, 0.3) is 0 Å². The van der Waals surface area contributed by atoms with Gasteiger partial charge in [0.1, 0.15) is 5.75 Å². The zero-order valence-electron chi connectivity index (χ0n) is 18.1. The van der Waals surface area contributed by atoms with Crippen LogP contribution in [0.1, 0.15) is 53.0 Å². The fraction of sp³-hybridized carbons (Fsp3) is 0.542. The van der Waals surface area contributed by atoms with Gasteiger partial charge in [-0.25, -0.2) is 0 Å². The van der Waals surface area contributed by atoms with E-state index in [1.54, 1.807) is 7.11 Å². The van der Waals surface area contributed by atoms with Crippen LogP contribution >= 0.6 is 0 Å². The van der Waals surface area contributed by atoms with Crippen molar-refractivity contribution >= 4 is 11.8 Å². The fourth-order valence-corrected chi connectivity index (χ4v) is 5.51. The highest BCUT2D eigenvalue weighted by molar-refractivity contribution is 5.94. The molecule has 1 N–H and O–H groups in total. The molecule has 0 radical (unpaired) electrons. The Balaban J connectivity index is 1.23. The van der Waals surface area contributed by atoms with Crippen LogP contribution in [0.5, 0.6) is 5.75 Å². The van der Waals surface area contributed by atoms with E-state index in [-0.39, 0.29) is 17.9 Å². The van der Waals surface area contributed by atoms with Gasteiger partial charge in [-0.05, 0) is 62.1 Å². The van der Waals surface area contributed by atoms with Gasteiger partial charge in [-0.15, -0.1) is 0 Å². The first-order valence-electron chi connectivity index (χ1n) is 11.4. The standard InChI is InChI=1S/C24H30N4O3/c1-31-18-8-5-16(6-9-18)11-14-28-21-12-13-27(15-17(21)7-10-22(28)29)24(30)23-19-3-2-4-20(19)25-26-23/h5-6,8-9,17,21H,2-4,7,10-15H2,1H3,(H,25,26)/t17-,21+/m1/s1. The third-order valence-electron chi connectivity index (χ3n) is 7.24. The van der Waals surface area contributed by atoms with E-state index < -0.39 is 0 Å². The van der Waals surface area contributed by atoms with Crippen molar-refractivity contribution in [3.05, 3.63) is 46.8 Å². The molecule has 1 aromatic carbocycles. The summed E-state index contributed by atoms with van der Waals surface area (Å²) in [5.41, 5.74) is 4.07. The number of amides is 2. The van der Waals surface area contributed by atoms with E-state index in [4.69, 9.17) is 4.74 Å². The molecule has 0 spiro atoms. The predicted octanol–water partition coefficient (Wildman–Crippen LogP) is 2.60. The number of carbonyl (C=O) groups excluding carboxylic acids is 2. The van der Waals surface area contributed by atoms with E-state index in [1.165, 1.54) is 5.56 Å². The Kier molecular flexibility index (Phi) is 5.42. The van der Waals surface area contributed by atoms with Gasteiger partial charge in [0.15, 0.2) is 5.69 Å². The summed E-state index contributed by atoms with van der Waals surface area (Å²) in [5, 5.41) is 7.39. The third kappa shape index (κ3) is 3.82. The molecular weight excluding hydrogens is 392 g/mol. The maximum Gasteiger partial charge on any atom is 0.274 e. The van der Waals surface area contributed by atoms with Crippen LogP contribution in [0.4, 0.5) is 0 Å². The maximum atomic E-state index is 13.2. The van der Waals surface area contributed by atoms with Crippen molar-refractivity contribution < 1.29 is 14.3 Å². The second-order valence-electron chi connectivity index (χ2n) is 8.97. The first kappa shape index (κ1) is 20.1. The second kappa shape index (κ2) is 8.36. The van der Waals surface area contributed by atoms with Crippen LogP contribution < -0.4 is 4.74 Å². The molecule has 2 aromatic rings. The average molecular weight is 423 g/mol. The number of aromatic amines is 1. The summed E-state index contributed by atoms with van der Waals surface area (Å²) in [6.45, 7) is 2.14. The van der Waals surface area contributed by atoms with Crippen LogP contribution in [0.2, 0.25) is 0 Å². The molecule has 1 aliphatic carbocycles. The normalized spacial score (nSPS) is 22.9. The number of rotatable bonds is 5. The molecule has 2 fully saturated rings. The Bertz CT molecular complexity index is 968. The van der Waals surface area contributed by atoms with Crippen LogP contribution in [0, 0.1) is 5.92 Å². The summed E-state index contributed by atoms with van der Waals surface area (Å²) in [4.78, 5) is 29.9. The van der Waals surface area contributed by atoms with Crippen molar-refractivity contribution in [3.63, 3.8) is 0 Å². The zero-order chi connectivity index (χ0) is 21.4. The maximum absolute atomic E-state index is 13.2. The number of carbonyl (C=O) groups is 2. The number of benzene rings is 1. The second-order valence-corrected chi connectivity index (χ2v) is 8.97. The number of hydrogen-bond donors (Lipinski definition) is 1. The molecule has 164 valence electrons. The molecule has 7 heteroatoms. The topological polar surface area (TPSA) is 78.5 Å². The number of likely N-dealkylation sites (tertiary alicyclic amines) is 2. The number of ether oxygens (including phenoxy) is 1. The molecule has 0 unspecified atom stereocenters. The number of fused-ring (bicyclic) bond motifs is 2. The van der Waals surface area contributed by atoms with Crippen molar-refractivity contribution in [2.75, 3.05) is 26.7 Å². The monoisotopic (exact) mass is 422 g/mol. The van der Waals surface area contributed by atoms with Gasteiger partial charge in [-0.1, -0.05) is 12.1 Å². The molecule has 3 aliphatic rings. The molecule has 0 saturated carbocycles. The number of aromatic nitrogens is 2. The minimum Gasteiger partial charge on any atom is -0.497 e. The first-order chi connectivity index (χ1) is 15.1. The van der Waals surface area contributed by atoms with E-state index in [1.807, 2.05) is 17.0 Å². The molecule has 1 aromatic heterocycles. The van der Waals surface area contributed by atoms with Crippen LogP contribution in [0.3, 0.4) is 0 Å². The van der Waals surface area contributed by atoms with Crippen molar-refractivity contribution in [3.8, 4) is 5.75 Å². The lowest BCUT2D eigenvalue weighted by Crippen LogP contribution is -2.57. The molecular formula is C24H30N4O3. The van der Waals surface area contributed by atoms with Gasteiger partial charge in [0.05, 0.1) is 7.11 Å². The number of aryl methyl sites for hydroxylation is 1. The number of piperidine rings is 2. The summed E-state index contributed by atoms with van der Waals surface area (Å²) < 4.78 is 5.23. The Morgan fingerprint density at radius 2 is 2.03 bits per heavy atom. The smallest absolute Gasteiger partial charge is 0.274 e. The van der Waals surface area contributed by atoms with Crippen molar-refractivity contribution in [2.24, 2.45) is 5.92 Å². The SMILES string of the molecule is COc1ccc(CCN2C(=O)CC[C@@H]3CN(C(=O)c4n[nH]c5c4CCC5)CC[C@@H]32)cc1. The zero-order valence-corrected chi connectivity index (χ0v) is 18.1. The lowest BCUT2D eigenvalue weighted by molar-refractivity contribution is -0.140. The number of H-pyrrole nitrogens is 1. The predicted molar refractivity (Wildman–Crippen MR) is 116 cm³/mol. The van der Waals surface area contributed by atoms with Gasteiger partial charge in [-0.3, -0.25) is 14.7 Å². The van der Waals surface area contributed by atoms with Crippen LogP contribution in [0.15, 0.2) is 24.3 Å². The number of methoxy groups -OCH3 is 1. The van der Waals surface area contributed by atoms with Crippen LogP contribution in [-0.4, -0.2) is 64.6 Å². The van der Waals surface area contributed by atoms with Crippen molar-refractivity contribution in [2.45, 2.75) is 51.0 Å². The van der Waals surface area contributed by atoms with Gasteiger partial charge in [0.2, 0.25) is 5.91 Å². The summed E-state index contributed by atoms with van der Waals surface area (Å²) >= 11 is 0. The Hall–Kier alpha value is -2.83. The average Bonchev–Trinajstić information content (AvgIpc) is 3.42. The number of nitrogens with one attached hydrogen (secondary N) is 1. The summed E-state index contributed by atoms with van der Waals surface area (Å²) in [6, 6.07) is 8.29. The van der Waals surface area contributed by atoms with E-state index in [9.17, 15) is 9.59 Å². The molecule has 2 atom stereocenters. The quantitative estimate of drug-likeness (QED) is 0.803. The molecule has 2 saturated heterocycles.